The first-order valence-electron chi connectivity index (χ1n) is 5.95. The zero-order valence-corrected chi connectivity index (χ0v) is 10.3. The zero-order valence-electron chi connectivity index (χ0n) is 10.3. The third-order valence-corrected chi connectivity index (χ3v) is 2.13. The van der Waals surface area contributed by atoms with Gasteiger partial charge in [0, 0.05) is 13.2 Å². The molecular weight excluding hydrogens is 174 g/mol. The van der Waals surface area contributed by atoms with Crippen LogP contribution in [0, 0.1) is 11.8 Å². The Balaban J connectivity index is 3.14. The first-order chi connectivity index (χ1) is 6.66. The number of rotatable bonds is 9. The van der Waals surface area contributed by atoms with Crippen molar-refractivity contribution >= 4 is 0 Å². The second kappa shape index (κ2) is 9.47. The lowest BCUT2D eigenvalue weighted by atomic mass is 10.1. The summed E-state index contributed by atoms with van der Waals surface area (Å²) in [5, 5.41) is 3.43. The van der Waals surface area contributed by atoms with Crippen molar-refractivity contribution in [1.29, 1.82) is 0 Å². The topological polar surface area (TPSA) is 21.3 Å². The lowest BCUT2D eigenvalue weighted by Gasteiger charge is -2.13. The number of hydrogen-bond donors (Lipinski definition) is 1. The van der Waals surface area contributed by atoms with Crippen LogP contribution in [-0.2, 0) is 4.74 Å². The van der Waals surface area contributed by atoms with Gasteiger partial charge in [0.05, 0.1) is 0 Å². The summed E-state index contributed by atoms with van der Waals surface area (Å²) in [7, 11) is 0. The normalized spacial score (nSPS) is 13.5. The van der Waals surface area contributed by atoms with Crippen LogP contribution in [-0.4, -0.2) is 26.3 Å². The van der Waals surface area contributed by atoms with E-state index in [1.54, 1.807) is 0 Å². The predicted molar refractivity (Wildman–Crippen MR) is 62.6 cm³/mol. The van der Waals surface area contributed by atoms with Crippen molar-refractivity contribution < 1.29 is 4.74 Å². The van der Waals surface area contributed by atoms with Gasteiger partial charge in [-0.1, -0.05) is 27.7 Å². The molecule has 0 heterocycles. The lowest BCUT2D eigenvalue weighted by Crippen LogP contribution is -2.22. The van der Waals surface area contributed by atoms with Crippen molar-refractivity contribution in [2.75, 3.05) is 26.3 Å². The lowest BCUT2D eigenvalue weighted by molar-refractivity contribution is 0.0993. The highest BCUT2D eigenvalue weighted by Gasteiger charge is 2.01. The Morgan fingerprint density at radius 3 is 2.50 bits per heavy atom. The molecule has 1 atom stereocenters. The summed E-state index contributed by atoms with van der Waals surface area (Å²) < 4.78 is 5.54. The molecule has 0 saturated carbocycles. The predicted octanol–water partition coefficient (Wildman–Crippen LogP) is 2.68. The molecule has 0 amide bonds. The fourth-order valence-electron chi connectivity index (χ4n) is 1.23. The average Bonchev–Trinajstić information content (AvgIpc) is 2.13. The fraction of sp³-hybridized carbons (Fsp3) is 1.00. The fourth-order valence-corrected chi connectivity index (χ4v) is 1.23. The Hall–Kier alpha value is -0.0800. The van der Waals surface area contributed by atoms with Gasteiger partial charge < -0.3 is 10.1 Å². The molecule has 0 bridgehead atoms. The minimum atomic E-state index is 0.656. The third kappa shape index (κ3) is 10.0. The molecule has 0 aromatic heterocycles. The van der Waals surface area contributed by atoms with Crippen LogP contribution in [0.3, 0.4) is 0 Å². The molecule has 0 aliphatic heterocycles. The molecule has 0 aromatic rings. The molecule has 0 fully saturated rings. The monoisotopic (exact) mass is 201 g/mol. The van der Waals surface area contributed by atoms with Gasteiger partial charge in [-0.25, -0.2) is 0 Å². The third-order valence-electron chi connectivity index (χ3n) is 2.13. The van der Waals surface area contributed by atoms with Crippen LogP contribution in [0.2, 0.25) is 0 Å². The quantitative estimate of drug-likeness (QED) is 0.579. The van der Waals surface area contributed by atoms with Crippen molar-refractivity contribution in [2.45, 2.75) is 40.5 Å². The minimum Gasteiger partial charge on any atom is -0.381 e. The van der Waals surface area contributed by atoms with Gasteiger partial charge in [0.15, 0.2) is 0 Å². The van der Waals surface area contributed by atoms with Crippen LogP contribution < -0.4 is 5.32 Å². The van der Waals surface area contributed by atoms with Gasteiger partial charge in [-0.15, -0.1) is 0 Å². The van der Waals surface area contributed by atoms with Crippen LogP contribution in [0.25, 0.3) is 0 Å². The Morgan fingerprint density at radius 2 is 1.93 bits per heavy atom. The van der Waals surface area contributed by atoms with Gasteiger partial charge in [0.25, 0.3) is 0 Å². The van der Waals surface area contributed by atoms with Crippen molar-refractivity contribution in [1.82, 2.24) is 5.32 Å². The summed E-state index contributed by atoms with van der Waals surface area (Å²) in [6.45, 7) is 12.9. The Morgan fingerprint density at radius 1 is 1.21 bits per heavy atom. The summed E-state index contributed by atoms with van der Waals surface area (Å²) in [4.78, 5) is 0. The maximum atomic E-state index is 5.54. The summed E-state index contributed by atoms with van der Waals surface area (Å²) in [5.74, 6) is 1.39. The molecule has 0 aliphatic rings. The van der Waals surface area contributed by atoms with E-state index < -0.39 is 0 Å². The smallest absolute Gasteiger partial charge is 0.0488 e. The summed E-state index contributed by atoms with van der Waals surface area (Å²) in [6, 6.07) is 0. The highest BCUT2D eigenvalue weighted by molar-refractivity contribution is 4.56. The number of ether oxygens (including phenoxy) is 1. The van der Waals surface area contributed by atoms with Crippen molar-refractivity contribution in [3.63, 3.8) is 0 Å². The molecule has 0 radical (unpaired) electrons. The van der Waals surface area contributed by atoms with E-state index in [0.717, 1.165) is 32.2 Å². The molecule has 86 valence electrons. The molecule has 1 N–H and O–H groups in total. The van der Waals surface area contributed by atoms with E-state index in [1.165, 1.54) is 12.8 Å². The van der Waals surface area contributed by atoms with Crippen LogP contribution >= 0.6 is 0 Å². The minimum absolute atomic E-state index is 0.656. The summed E-state index contributed by atoms with van der Waals surface area (Å²) >= 11 is 0. The summed E-state index contributed by atoms with van der Waals surface area (Å²) in [6.07, 6.45) is 2.39. The Kier molecular flexibility index (Phi) is 9.42. The van der Waals surface area contributed by atoms with E-state index in [4.69, 9.17) is 4.74 Å². The van der Waals surface area contributed by atoms with E-state index >= 15 is 0 Å². The molecule has 0 spiro atoms. The molecule has 0 aliphatic carbocycles. The van der Waals surface area contributed by atoms with Gasteiger partial charge in [0.1, 0.15) is 0 Å². The van der Waals surface area contributed by atoms with Gasteiger partial charge in [-0.05, 0) is 37.8 Å². The van der Waals surface area contributed by atoms with Crippen molar-refractivity contribution in [3.05, 3.63) is 0 Å². The first kappa shape index (κ1) is 13.9. The maximum absolute atomic E-state index is 5.54. The average molecular weight is 201 g/mol. The largest absolute Gasteiger partial charge is 0.381 e. The van der Waals surface area contributed by atoms with Gasteiger partial charge >= 0.3 is 0 Å². The SMILES string of the molecule is CCCNCC(C)CCOCC(C)C. The standard InChI is InChI=1S/C12H27NO/c1-5-7-13-9-12(4)6-8-14-10-11(2)3/h11-13H,5-10H2,1-4H3. The van der Waals surface area contributed by atoms with Gasteiger partial charge in [-0.3, -0.25) is 0 Å². The highest BCUT2D eigenvalue weighted by atomic mass is 16.5. The first-order valence-corrected chi connectivity index (χ1v) is 5.95. The van der Waals surface area contributed by atoms with Crippen LogP contribution in [0.15, 0.2) is 0 Å². The van der Waals surface area contributed by atoms with E-state index in [2.05, 4.69) is 33.0 Å². The zero-order chi connectivity index (χ0) is 10.8. The molecule has 2 nitrogen and oxygen atoms in total. The van der Waals surface area contributed by atoms with E-state index in [0.29, 0.717) is 5.92 Å². The van der Waals surface area contributed by atoms with Crippen molar-refractivity contribution in [3.8, 4) is 0 Å². The highest BCUT2D eigenvalue weighted by Crippen LogP contribution is 2.01. The second-order valence-electron chi connectivity index (χ2n) is 4.57. The van der Waals surface area contributed by atoms with E-state index in [9.17, 15) is 0 Å². The van der Waals surface area contributed by atoms with Gasteiger partial charge in [0.2, 0.25) is 0 Å². The molecule has 1 unspecified atom stereocenters. The van der Waals surface area contributed by atoms with Crippen LogP contribution in [0.5, 0.6) is 0 Å². The molecule has 0 aromatic carbocycles. The van der Waals surface area contributed by atoms with Crippen LogP contribution in [0.1, 0.15) is 40.5 Å². The second-order valence-corrected chi connectivity index (χ2v) is 4.57. The molecular formula is C12H27NO. The van der Waals surface area contributed by atoms with Crippen LogP contribution in [0.4, 0.5) is 0 Å². The summed E-state index contributed by atoms with van der Waals surface area (Å²) in [5.41, 5.74) is 0. The molecule has 0 saturated heterocycles. The van der Waals surface area contributed by atoms with E-state index in [1.807, 2.05) is 0 Å². The Bertz CT molecular complexity index is 115. The maximum Gasteiger partial charge on any atom is 0.0488 e. The Labute approximate surface area is 89.4 Å². The number of nitrogens with one attached hydrogen (secondary N) is 1. The van der Waals surface area contributed by atoms with Gasteiger partial charge in [-0.2, -0.15) is 0 Å². The molecule has 0 rings (SSSR count). The van der Waals surface area contributed by atoms with E-state index in [-0.39, 0.29) is 0 Å². The number of hydrogen-bond acceptors (Lipinski definition) is 2. The van der Waals surface area contributed by atoms with Crippen molar-refractivity contribution in [2.24, 2.45) is 11.8 Å². The molecule has 14 heavy (non-hydrogen) atoms. The molecule has 2 heteroatoms.